The van der Waals surface area contributed by atoms with Gasteiger partial charge < -0.3 is 4.74 Å². The molecule has 0 atom stereocenters. The van der Waals surface area contributed by atoms with Crippen molar-refractivity contribution in [2.75, 3.05) is 12.1 Å². The van der Waals surface area contributed by atoms with Crippen LogP contribution >= 0.6 is 34.8 Å². The minimum Gasteiger partial charge on any atom is -0.464 e. The number of rotatable bonds is 2. The number of benzene rings is 1. The zero-order valence-corrected chi connectivity index (χ0v) is 12.7. The van der Waals surface area contributed by atoms with Gasteiger partial charge in [-0.25, -0.2) is 4.79 Å². The van der Waals surface area contributed by atoms with Gasteiger partial charge in [0.1, 0.15) is 0 Å². The molecule has 21 heavy (non-hydrogen) atoms. The van der Waals surface area contributed by atoms with E-state index in [9.17, 15) is 14.4 Å². The second-order valence-corrected chi connectivity index (χ2v) is 5.70. The first kappa shape index (κ1) is 15.8. The van der Waals surface area contributed by atoms with Crippen LogP contribution in [0.4, 0.5) is 5.69 Å². The van der Waals surface area contributed by atoms with Crippen molar-refractivity contribution < 1.29 is 19.1 Å². The Kier molecular flexibility index (Phi) is 4.22. The molecule has 0 bridgehead atoms. The molecular weight excluding hydrogens is 343 g/mol. The monoisotopic (exact) mass is 348 g/mol. The third kappa shape index (κ3) is 2.74. The lowest BCUT2D eigenvalue weighted by molar-refractivity contribution is -0.134. The normalized spacial score (nSPS) is 17.5. The lowest BCUT2D eigenvalue weighted by atomic mass is 10.1. The quantitative estimate of drug-likeness (QED) is 0.465. The molecule has 0 unspecified atom stereocenters. The maximum Gasteiger partial charge on any atom is 0.362 e. The number of anilines is 1. The molecular formula is C12H7Cl3N2O4. The van der Waals surface area contributed by atoms with Crippen LogP contribution in [-0.4, -0.2) is 34.8 Å². The number of halogens is 3. The number of carbonyl (C=O) groups excluding carboxylic acids is 3. The number of methoxy groups -OCH3 is 1. The maximum absolute atomic E-state index is 12.1. The number of hydrazone groups is 1. The van der Waals surface area contributed by atoms with Crippen LogP contribution < -0.4 is 5.01 Å². The SMILES string of the molecule is COC(=O)C1=NN(c2ccc(Cl)cc2)C(=O)C(Cl)(Cl)C1=O. The highest BCUT2D eigenvalue weighted by Crippen LogP contribution is 2.33. The number of alkyl halides is 2. The Bertz CT molecular complexity index is 655. The first-order valence-corrected chi connectivity index (χ1v) is 6.62. The lowest BCUT2D eigenvalue weighted by Gasteiger charge is -2.29. The van der Waals surface area contributed by atoms with Crippen LogP contribution in [-0.2, 0) is 19.1 Å². The molecule has 6 nitrogen and oxygen atoms in total. The molecule has 0 N–H and O–H groups in total. The van der Waals surface area contributed by atoms with Crippen LogP contribution in [0.1, 0.15) is 0 Å². The smallest absolute Gasteiger partial charge is 0.362 e. The predicted octanol–water partition coefficient (Wildman–Crippen LogP) is 1.96. The number of Topliss-reactive ketones (excluding diaryl/α,β-unsaturated/α-hetero) is 1. The molecule has 1 aromatic rings. The number of hydrogen-bond donors (Lipinski definition) is 0. The summed E-state index contributed by atoms with van der Waals surface area (Å²) in [4.78, 5) is 35.6. The van der Waals surface area contributed by atoms with Gasteiger partial charge in [0.05, 0.1) is 12.8 Å². The predicted molar refractivity (Wildman–Crippen MR) is 77.8 cm³/mol. The zero-order chi connectivity index (χ0) is 15.8. The summed E-state index contributed by atoms with van der Waals surface area (Å²) in [5, 5.41) is 4.86. The van der Waals surface area contributed by atoms with Crippen molar-refractivity contribution in [1.29, 1.82) is 0 Å². The minimum atomic E-state index is -2.45. The molecule has 1 aliphatic heterocycles. The van der Waals surface area contributed by atoms with E-state index >= 15 is 0 Å². The number of nitrogens with zero attached hydrogens (tertiary/aromatic N) is 2. The van der Waals surface area contributed by atoms with Crippen LogP contribution in [0.3, 0.4) is 0 Å². The fourth-order valence-corrected chi connectivity index (χ4v) is 2.02. The van der Waals surface area contributed by atoms with Crippen LogP contribution in [0.5, 0.6) is 0 Å². The van der Waals surface area contributed by atoms with Crippen molar-refractivity contribution >= 4 is 63.9 Å². The summed E-state index contributed by atoms with van der Waals surface area (Å²) in [6, 6.07) is 5.91. The van der Waals surface area contributed by atoms with Crippen molar-refractivity contribution in [1.82, 2.24) is 0 Å². The molecule has 0 saturated carbocycles. The van der Waals surface area contributed by atoms with Gasteiger partial charge in [0.15, 0.2) is 0 Å². The molecule has 1 heterocycles. The highest BCUT2D eigenvalue weighted by atomic mass is 35.5. The number of ketones is 1. The number of amides is 1. The standard InChI is InChI=1S/C12H7Cl3N2O4/c1-21-10(19)8-9(18)12(14,15)11(20)17(16-8)7-4-2-6(13)3-5-7/h2-5H,1H3. The van der Waals surface area contributed by atoms with Gasteiger partial charge in [-0.3, -0.25) is 9.59 Å². The van der Waals surface area contributed by atoms with E-state index in [2.05, 4.69) is 9.84 Å². The first-order chi connectivity index (χ1) is 9.78. The van der Waals surface area contributed by atoms with Gasteiger partial charge >= 0.3 is 5.97 Å². The third-order valence-corrected chi connectivity index (χ3v) is 3.53. The van der Waals surface area contributed by atoms with Crippen LogP contribution in [0.2, 0.25) is 5.02 Å². The molecule has 0 saturated heterocycles. The highest BCUT2D eigenvalue weighted by Gasteiger charge is 2.53. The van der Waals surface area contributed by atoms with E-state index in [1.165, 1.54) is 24.3 Å². The topological polar surface area (TPSA) is 76.0 Å². The summed E-state index contributed by atoms with van der Waals surface area (Å²) in [5.41, 5.74) is -0.430. The van der Waals surface area contributed by atoms with E-state index in [1.807, 2.05) is 0 Å². The van der Waals surface area contributed by atoms with E-state index in [1.54, 1.807) is 0 Å². The third-order valence-electron chi connectivity index (χ3n) is 2.61. The van der Waals surface area contributed by atoms with Crippen LogP contribution in [0.25, 0.3) is 0 Å². The molecule has 1 aromatic carbocycles. The number of esters is 1. The molecule has 0 fully saturated rings. The van der Waals surface area contributed by atoms with Crippen molar-refractivity contribution in [2.45, 2.75) is 4.33 Å². The summed E-state index contributed by atoms with van der Waals surface area (Å²) in [5.74, 6) is -3.17. The number of carbonyl (C=O) groups is 3. The molecule has 0 aromatic heterocycles. The minimum absolute atomic E-state index is 0.240. The molecule has 110 valence electrons. The Morgan fingerprint density at radius 2 is 1.81 bits per heavy atom. The van der Waals surface area contributed by atoms with Crippen LogP contribution in [0, 0.1) is 0 Å². The molecule has 1 aliphatic rings. The summed E-state index contributed by atoms with van der Waals surface area (Å²) in [6.07, 6.45) is 0. The molecule has 0 spiro atoms. The summed E-state index contributed by atoms with van der Waals surface area (Å²) < 4.78 is 1.97. The Morgan fingerprint density at radius 3 is 2.33 bits per heavy atom. The average Bonchev–Trinajstić information content (AvgIpc) is 2.46. The summed E-state index contributed by atoms with van der Waals surface area (Å²) >= 11 is 17.3. The molecule has 0 radical (unpaired) electrons. The Balaban J connectivity index is 2.56. The summed E-state index contributed by atoms with van der Waals surface area (Å²) in [7, 11) is 1.06. The number of hydrogen-bond acceptors (Lipinski definition) is 5. The van der Waals surface area contributed by atoms with Crippen molar-refractivity contribution in [3.8, 4) is 0 Å². The van der Waals surface area contributed by atoms with Crippen molar-refractivity contribution in [3.05, 3.63) is 29.3 Å². The highest BCUT2D eigenvalue weighted by molar-refractivity contribution is 6.83. The lowest BCUT2D eigenvalue weighted by Crippen LogP contribution is -2.54. The van der Waals surface area contributed by atoms with Crippen molar-refractivity contribution in [2.24, 2.45) is 5.10 Å². The van der Waals surface area contributed by atoms with Gasteiger partial charge in [-0.2, -0.15) is 10.1 Å². The second-order valence-electron chi connectivity index (χ2n) is 3.94. The van der Waals surface area contributed by atoms with Gasteiger partial charge in [0.25, 0.3) is 10.2 Å². The largest absolute Gasteiger partial charge is 0.464 e. The van der Waals surface area contributed by atoms with E-state index in [-0.39, 0.29) is 5.69 Å². The van der Waals surface area contributed by atoms with Crippen molar-refractivity contribution in [3.63, 3.8) is 0 Å². The van der Waals surface area contributed by atoms with Gasteiger partial charge in [-0.15, -0.1) is 0 Å². The van der Waals surface area contributed by atoms with E-state index < -0.39 is 27.7 Å². The molecule has 2 rings (SSSR count). The fourth-order valence-electron chi connectivity index (χ4n) is 1.56. The Labute approximate surface area is 134 Å². The van der Waals surface area contributed by atoms with E-state index in [0.717, 1.165) is 12.1 Å². The van der Waals surface area contributed by atoms with Gasteiger partial charge in [0.2, 0.25) is 11.5 Å². The van der Waals surface area contributed by atoms with Gasteiger partial charge in [-0.1, -0.05) is 34.8 Å². The Hall–Kier alpha value is -1.63. The Morgan fingerprint density at radius 1 is 1.24 bits per heavy atom. The van der Waals surface area contributed by atoms with Crippen LogP contribution in [0.15, 0.2) is 29.4 Å². The summed E-state index contributed by atoms with van der Waals surface area (Å²) in [6.45, 7) is 0. The van der Waals surface area contributed by atoms with Gasteiger partial charge in [0, 0.05) is 5.02 Å². The van der Waals surface area contributed by atoms with Gasteiger partial charge in [-0.05, 0) is 24.3 Å². The fraction of sp³-hybridized carbons (Fsp3) is 0.167. The van der Waals surface area contributed by atoms with E-state index in [0.29, 0.717) is 5.02 Å². The molecule has 1 amide bonds. The van der Waals surface area contributed by atoms with E-state index in [4.69, 9.17) is 34.8 Å². The zero-order valence-electron chi connectivity index (χ0n) is 10.5. The molecule has 0 aliphatic carbocycles. The first-order valence-electron chi connectivity index (χ1n) is 5.48. The second kappa shape index (κ2) is 5.63. The average molecular weight is 350 g/mol. The number of ether oxygens (including phenoxy) is 1. The molecule has 9 heteroatoms. The maximum atomic E-state index is 12.1.